The van der Waals surface area contributed by atoms with E-state index in [0.717, 1.165) is 23.4 Å². The Morgan fingerprint density at radius 3 is 2.55 bits per heavy atom. The molecule has 108 valence electrons. The van der Waals surface area contributed by atoms with Crippen LogP contribution in [0.25, 0.3) is 0 Å². The van der Waals surface area contributed by atoms with Gasteiger partial charge in [0.1, 0.15) is 5.75 Å². The van der Waals surface area contributed by atoms with Crippen LogP contribution < -0.4 is 10.5 Å². The van der Waals surface area contributed by atoms with Crippen molar-refractivity contribution in [2.75, 3.05) is 7.11 Å². The van der Waals surface area contributed by atoms with E-state index in [-0.39, 0.29) is 6.04 Å². The Labute approximate surface area is 120 Å². The molecular formula is C16H23N3O. The molecule has 0 aliphatic heterocycles. The largest absolute Gasteiger partial charge is 0.496 e. The second-order valence-corrected chi connectivity index (χ2v) is 5.33. The fraction of sp³-hybridized carbons (Fsp3) is 0.438. The molecule has 2 N–H and O–H groups in total. The lowest BCUT2D eigenvalue weighted by molar-refractivity contribution is 0.405. The van der Waals surface area contributed by atoms with Gasteiger partial charge in [-0.05, 0) is 38.8 Å². The smallest absolute Gasteiger partial charge is 0.123 e. The predicted molar refractivity (Wildman–Crippen MR) is 81.0 cm³/mol. The van der Waals surface area contributed by atoms with Gasteiger partial charge in [0.25, 0.3) is 0 Å². The van der Waals surface area contributed by atoms with Gasteiger partial charge in [-0.1, -0.05) is 17.7 Å². The number of hydrogen-bond acceptors (Lipinski definition) is 3. The summed E-state index contributed by atoms with van der Waals surface area (Å²) in [5.41, 5.74) is 12.1. The van der Waals surface area contributed by atoms with Crippen LogP contribution in [-0.4, -0.2) is 16.9 Å². The molecular weight excluding hydrogens is 250 g/mol. The van der Waals surface area contributed by atoms with E-state index in [2.05, 4.69) is 25.0 Å². The van der Waals surface area contributed by atoms with Gasteiger partial charge in [-0.15, -0.1) is 0 Å². The number of methoxy groups -OCH3 is 1. The van der Waals surface area contributed by atoms with E-state index in [1.807, 2.05) is 30.8 Å². The van der Waals surface area contributed by atoms with Gasteiger partial charge < -0.3 is 10.5 Å². The molecule has 0 spiro atoms. The molecule has 1 unspecified atom stereocenters. The van der Waals surface area contributed by atoms with Crippen LogP contribution in [0, 0.1) is 20.8 Å². The average Bonchev–Trinajstić information content (AvgIpc) is 2.65. The molecule has 0 aliphatic carbocycles. The van der Waals surface area contributed by atoms with E-state index in [0.29, 0.717) is 0 Å². The summed E-state index contributed by atoms with van der Waals surface area (Å²) in [6.45, 7) is 6.17. The van der Waals surface area contributed by atoms with Crippen LogP contribution >= 0.6 is 0 Å². The summed E-state index contributed by atoms with van der Waals surface area (Å²) in [7, 11) is 3.64. The van der Waals surface area contributed by atoms with Crippen LogP contribution in [0.2, 0.25) is 0 Å². The minimum absolute atomic E-state index is 0.0913. The van der Waals surface area contributed by atoms with Crippen molar-refractivity contribution in [2.24, 2.45) is 12.8 Å². The summed E-state index contributed by atoms with van der Waals surface area (Å²) in [5.74, 6) is 0.849. The van der Waals surface area contributed by atoms with Crippen molar-refractivity contribution in [3.63, 3.8) is 0 Å². The third kappa shape index (κ3) is 2.70. The SMILES string of the molecule is COc1ccc(C)cc1C(N)Cc1c(C)nn(C)c1C. The van der Waals surface area contributed by atoms with Crippen molar-refractivity contribution >= 4 is 0 Å². The molecule has 0 saturated carbocycles. The Balaban J connectivity index is 2.32. The molecule has 0 saturated heterocycles. The minimum atomic E-state index is -0.0913. The third-order valence-corrected chi connectivity index (χ3v) is 3.87. The molecule has 1 atom stereocenters. The van der Waals surface area contributed by atoms with Gasteiger partial charge in [0, 0.05) is 24.3 Å². The van der Waals surface area contributed by atoms with Crippen LogP contribution in [0.1, 0.15) is 34.1 Å². The maximum Gasteiger partial charge on any atom is 0.123 e. The van der Waals surface area contributed by atoms with Crippen LogP contribution in [0.15, 0.2) is 18.2 Å². The van der Waals surface area contributed by atoms with Crippen molar-refractivity contribution in [1.82, 2.24) is 9.78 Å². The molecule has 20 heavy (non-hydrogen) atoms. The van der Waals surface area contributed by atoms with Gasteiger partial charge in [0.15, 0.2) is 0 Å². The zero-order valence-electron chi connectivity index (χ0n) is 12.9. The molecule has 2 rings (SSSR count). The Kier molecular flexibility index (Phi) is 4.14. The number of benzene rings is 1. The third-order valence-electron chi connectivity index (χ3n) is 3.87. The maximum absolute atomic E-state index is 6.40. The topological polar surface area (TPSA) is 53.1 Å². The Bertz CT molecular complexity index is 616. The van der Waals surface area contributed by atoms with E-state index in [4.69, 9.17) is 10.5 Å². The van der Waals surface area contributed by atoms with E-state index in [1.54, 1.807) is 7.11 Å². The number of hydrogen-bond donors (Lipinski definition) is 1. The first-order valence-corrected chi connectivity index (χ1v) is 6.83. The second-order valence-electron chi connectivity index (χ2n) is 5.33. The van der Waals surface area contributed by atoms with Crippen molar-refractivity contribution in [3.8, 4) is 5.75 Å². The molecule has 1 aromatic heterocycles. The number of nitrogens with two attached hydrogens (primary N) is 1. The molecule has 2 aromatic rings. The fourth-order valence-corrected chi connectivity index (χ4v) is 2.59. The van der Waals surface area contributed by atoms with Crippen LogP contribution in [-0.2, 0) is 13.5 Å². The highest BCUT2D eigenvalue weighted by molar-refractivity contribution is 5.40. The Morgan fingerprint density at radius 1 is 1.30 bits per heavy atom. The summed E-state index contributed by atoms with van der Waals surface area (Å²) in [6.07, 6.45) is 0.769. The summed E-state index contributed by atoms with van der Waals surface area (Å²) in [4.78, 5) is 0. The van der Waals surface area contributed by atoms with Gasteiger partial charge in [0.2, 0.25) is 0 Å². The van der Waals surface area contributed by atoms with Crippen LogP contribution in [0.5, 0.6) is 5.75 Å². The van der Waals surface area contributed by atoms with Crippen LogP contribution in [0.4, 0.5) is 0 Å². The highest BCUT2D eigenvalue weighted by Crippen LogP contribution is 2.28. The molecule has 1 aromatic carbocycles. The summed E-state index contributed by atoms with van der Waals surface area (Å²) in [6, 6.07) is 6.03. The second kappa shape index (κ2) is 5.67. The van der Waals surface area contributed by atoms with Gasteiger partial charge in [0.05, 0.1) is 12.8 Å². The van der Waals surface area contributed by atoms with Gasteiger partial charge in [-0.3, -0.25) is 4.68 Å². The fourth-order valence-electron chi connectivity index (χ4n) is 2.59. The van der Waals surface area contributed by atoms with Crippen molar-refractivity contribution in [3.05, 3.63) is 46.3 Å². The lowest BCUT2D eigenvalue weighted by Gasteiger charge is -2.17. The van der Waals surface area contributed by atoms with Crippen molar-refractivity contribution in [1.29, 1.82) is 0 Å². The normalized spacial score (nSPS) is 12.5. The summed E-state index contributed by atoms with van der Waals surface area (Å²) in [5, 5.41) is 4.45. The number of ether oxygens (including phenoxy) is 1. The summed E-state index contributed by atoms with van der Waals surface area (Å²) >= 11 is 0. The molecule has 0 fully saturated rings. The molecule has 0 amide bonds. The van der Waals surface area contributed by atoms with E-state index in [9.17, 15) is 0 Å². The molecule has 4 heteroatoms. The number of aryl methyl sites for hydroxylation is 3. The minimum Gasteiger partial charge on any atom is -0.496 e. The van der Waals surface area contributed by atoms with E-state index < -0.39 is 0 Å². The first-order valence-electron chi connectivity index (χ1n) is 6.83. The number of nitrogens with zero attached hydrogens (tertiary/aromatic N) is 2. The van der Waals surface area contributed by atoms with Crippen molar-refractivity contribution in [2.45, 2.75) is 33.2 Å². The molecule has 0 radical (unpaired) electrons. The van der Waals surface area contributed by atoms with Gasteiger partial charge in [-0.2, -0.15) is 5.10 Å². The van der Waals surface area contributed by atoms with Gasteiger partial charge in [-0.25, -0.2) is 0 Å². The number of rotatable bonds is 4. The molecule has 4 nitrogen and oxygen atoms in total. The zero-order valence-corrected chi connectivity index (χ0v) is 12.9. The van der Waals surface area contributed by atoms with E-state index >= 15 is 0 Å². The first-order chi connectivity index (χ1) is 9.43. The van der Waals surface area contributed by atoms with E-state index in [1.165, 1.54) is 16.8 Å². The quantitative estimate of drug-likeness (QED) is 0.931. The standard InChI is InChI=1S/C16H23N3O/c1-10-6-7-16(20-5)14(8-10)15(17)9-13-11(2)18-19(4)12(13)3/h6-8,15H,9,17H2,1-5H3. The monoisotopic (exact) mass is 273 g/mol. The number of aromatic nitrogens is 2. The average molecular weight is 273 g/mol. The highest BCUT2D eigenvalue weighted by atomic mass is 16.5. The zero-order chi connectivity index (χ0) is 14.9. The lowest BCUT2D eigenvalue weighted by Crippen LogP contribution is -2.15. The maximum atomic E-state index is 6.40. The Morgan fingerprint density at radius 2 is 2.00 bits per heavy atom. The molecule has 1 heterocycles. The lowest BCUT2D eigenvalue weighted by atomic mass is 9.96. The van der Waals surface area contributed by atoms with Crippen molar-refractivity contribution < 1.29 is 4.74 Å². The highest BCUT2D eigenvalue weighted by Gasteiger charge is 2.17. The first kappa shape index (κ1) is 14.6. The molecule has 0 bridgehead atoms. The molecule has 0 aliphatic rings. The Hall–Kier alpha value is -1.81. The van der Waals surface area contributed by atoms with Gasteiger partial charge >= 0.3 is 0 Å². The predicted octanol–water partition coefficient (Wildman–Crippen LogP) is 2.60. The van der Waals surface area contributed by atoms with Crippen LogP contribution in [0.3, 0.4) is 0 Å². The summed E-state index contributed by atoms with van der Waals surface area (Å²) < 4.78 is 7.33.